The molecule has 0 unspecified atom stereocenters. The fraction of sp³-hybridized carbons (Fsp3) is 0.538. The average Bonchev–Trinajstić information content (AvgIpc) is 2.28. The van der Waals surface area contributed by atoms with Crippen molar-refractivity contribution >= 4 is 11.7 Å². The Bertz CT molecular complexity index is 392. The molecule has 0 aliphatic rings. The third-order valence-corrected chi connectivity index (χ3v) is 2.43. The Morgan fingerprint density at radius 3 is 2.83 bits per heavy atom. The largest absolute Gasteiger partial charge is 0.352 e. The highest BCUT2D eigenvalue weighted by atomic mass is 16.2. The molecule has 0 saturated carbocycles. The minimum absolute atomic E-state index is 0.00793. The first-order valence-electron chi connectivity index (χ1n) is 6.13. The topological polar surface area (TPSA) is 57.3 Å². The lowest BCUT2D eigenvalue weighted by molar-refractivity contribution is -0.120. The van der Waals surface area contributed by atoms with Gasteiger partial charge in [0.05, 0.1) is 6.54 Å². The highest BCUT2D eigenvalue weighted by molar-refractivity contribution is 5.81. The summed E-state index contributed by atoms with van der Waals surface area (Å²) in [5, 5.41) is 5.97. The number of carbonyl (C=O) groups excluding carboxylic acids is 1. The first kappa shape index (κ1) is 14.4. The van der Waals surface area contributed by atoms with Crippen LogP contribution in [0.15, 0.2) is 18.3 Å². The van der Waals surface area contributed by atoms with E-state index in [4.69, 9.17) is 0 Å². The molecule has 5 nitrogen and oxygen atoms in total. The molecule has 0 aliphatic carbocycles. The second-order valence-corrected chi connectivity index (χ2v) is 4.59. The molecule has 0 spiro atoms. The Balaban J connectivity index is 2.71. The normalized spacial score (nSPS) is 10.5. The Labute approximate surface area is 109 Å². The van der Waals surface area contributed by atoms with E-state index in [2.05, 4.69) is 15.6 Å². The Morgan fingerprint density at radius 2 is 2.22 bits per heavy atom. The number of carbonyl (C=O) groups is 1. The van der Waals surface area contributed by atoms with Crippen LogP contribution in [0.4, 0.5) is 5.82 Å². The van der Waals surface area contributed by atoms with Gasteiger partial charge in [-0.2, -0.15) is 0 Å². The van der Waals surface area contributed by atoms with E-state index in [0.717, 1.165) is 17.9 Å². The summed E-state index contributed by atoms with van der Waals surface area (Å²) in [5.41, 5.74) is 1.08. The van der Waals surface area contributed by atoms with Crippen molar-refractivity contribution in [2.45, 2.75) is 26.4 Å². The molecule has 1 heterocycles. The zero-order valence-corrected chi connectivity index (χ0v) is 11.5. The molecule has 0 radical (unpaired) electrons. The zero-order valence-electron chi connectivity index (χ0n) is 11.5. The van der Waals surface area contributed by atoms with Crippen LogP contribution in [0.1, 0.15) is 19.4 Å². The summed E-state index contributed by atoms with van der Waals surface area (Å²) in [4.78, 5) is 17.9. The highest BCUT2D eigenvalue weighted by Crippen LogP contribution is 2.14. The van der Waals surface area contributed by atoms with E-state index in [9.17, 15) is 4.79 Å². The van der Waals surface area contributed by atoms with Crippen LogP contribution in [-0.4, -0.2) is 37.6 Å². The average molecular weight is 250 g/mol. The maximum Gasteiger partial charge on any atom is 0.239 e. The predicted molar refractivity (Wildman–Crippen MR) is 73.5 cm³/mol. The molecule has 0 atom stereocenters. The summed E-state index contributed by atoms with van der Waals surface area (Å²) >= 11 is 0. The molecule has 100 valence electrons. The van der Waals surface area contributed by atoms with Crippen LogP contribution >= 0.6 is 0 Å². The smallest absolute Gasteiger partial charge is 0.239 e. The molecule has 1 rings (SSSR count). The standard InChI is InChI=1S/C13H22N4O/c1-10(2)16-12(18)9-17(4)13-11(8-14-3)6-5-7-15-13/h5-7,10,14H,8-9H2,1-4H3,(H,16,18). The van der Waals surface area contributed by atoms with Crippen LogP contribution in [0.25, 0.3) is 0 Å². The van der Waals surface area contributed by atoms with Gasteiger partial charge in [0.25, 0.3) is 0 Å². The van der Waals surface area contributed by atoms with Gasteiger partial charge in [0.15, 0.2) is 0 Å². The van der Waals surface area contributed by atoms with Crippen LogP contribution in [0.5, 0.6) is 0 Å². The molecule has 1 amide bonds. The summed E-state index contributed by atoms with van der Waals surface area (Å²) in [6.07, 6.45) is 1.74. The zero-order chi connectivity index (χ0) is 13.5. The first-order chi connectivity index (χ1) is 8.54. The van der Waals surface area contributed by atoms with Gasteiger partial charge in [-0.25, -0.2) is 4.98 Å². The molecule has 0 aliphatic heterocycles. The molecule has 18 heavy (non-hydrogen) atoms. The number of pyridine rings is 1. The van der Waals surface area contributed by atoms with E-state index in [1.54, 1.807) is 6.20 Å². The van der Waals surface area contributed by atoms with Crippen molar-refractivity contribution in [2.75, 3.05) is 25.5 Å². The molecule has 0 saturated heterocycles. The van der Waals surface area contributed by atoms with Gasteiger partial charge in [-0.05, 0) is 27.0 Å². The molecular weight excluding hydrogens is 228 g/mol. The summed E-state index contributed by atoms with van der Waals surface area (Å²) < 4.78 is 0. The van der Waals surface area contributed by atoms with E-state index in [1.807, 2.05) is 45.0 Å². The second kappa shape index (κ2) is 6.96. The molecule has 5 heteroatoms. The van der Waals surface area contributed by atoms with Crippen LogP contribution in [0.3, 0.4) is 0 Å². The van der Waals surface area contributed by atoms with Crippen LogP contribution in [0.2, 0.25) is 0 Å². The molecule has 2 N–H and O–H groups in total. The fourth-order valence-electron chi connectivity index (χ4n) is 1.76. The van der Waals surface area contributed by atoms with Gasteiger partial charge in [-0.3, -0.25) is 4.79 Å². The van der Waals surface area contributed by atoms with Crippen molar-refractivity contribution in [2.24, 2.45) is 0 Å². The van der Waals surface area contributed by atoms with Gasteiger partial charge in [0, 0.05) is 31.4 Å². The van der Waals surface area contributed by atoms with Gasteiger partial charge in [0.2, 0.25) is 5.91 Å². The maximum atomic E-state index is 11.7. The predicted octanol–water partition coefficient (Wildman–Crippen LogP) is 0.762. The van der Waals surface area contributed by atoms with Gasteiger partial charge < -0.3 is 15.5 Å². The highest BCUT2D eigenvalue weighted by Gasteiger charge is 2.12. The number of nitrogens with one attached hydrogen (secondary N) is 2. The molecule has 0 bridgehead atoms. The Morgan fingerprint density at radius 1 is 1.50 bits per heavy atom. The number of rotatable bonds is 6. The maximum absolute atomic E-state index is 11.7. The molecule has 0 aromatic carbocycles. The third kappa shape index (κ3) is 4.33. The van der Waals surface area contributed by atoms with Crippen molar-refractivity contribution < 1.29 is 4.79 Å². The minimum atomic E-state index is 0.00793. The van der Waals surface area contributed by atoms with Gasteiger partial charge in [-0.15, -0.1) is 0 Å². The quantitative estimate of drug-likeness (QED) is 0.782. The third-order valence-electron chi connectivity index (χ3n) is 2.43. The van der Waals surface area contributed by atoms with Crippen molar-refractivity contribution in [3.63, 3.8) is 0 Å². The number of nitrogens with zero attached hydrogens (tertiary/aromatic N) is 2. The molecule has 1 aromatic heterocycles. The van der Waals surface area contributed by atoms with E-state index in [1.165, 1.54) is 0 Å². The van der Waals surface area contributed by atoms with E-state index >= 15 is 0 Å². The SMILES string of the molecule is CNCc1cccnc1N(C)CC(=O)NC(C)C. The van der Waals surface area contributed by atoms with E-state index in [0.29, 0.717) is 6.54 Å². The van der Waals surface area contributed by atoms with Crippen LogP contribution < -0.4 is 15.5 Å². The number of likely N-dealkylation sites (N-methyl/N-ethyl adjacent to an activating group) is 1. The van der Waals surface area contributed by atoms with Crippen molar-refractivity contribution in [1.82, 2.24) is 15.6 Å². The number of hydrogen-bond acceptors (Lipinski definition) is 4. The number of amides is 1. The summed E-state index contributed by atoms with van der Waals surface area (Å²) in [5.74, 6) is 0.847. The Kier molecular flexibility index (Phi) is 5.58. The van der Waals surface area contributed by atoms with Crippen LogP contribution in [0, 0.1) is 0 Å². The molecular formula is C13H22N4O. The number of aromatic nitrogens is 1. The van der Waals surface area contributed by atoms with E-state index < -0.39 is 0 Å². The first-order valence-corrected chi connectivity index (χ1v) is 6.13. The fourth-order valence-corrected chi connectivity index (χ4v) is 1.76. The molecule has 1 aromatic rings. The second-order valence-electron chi connectivity index (χ2n) is 4.59. The lowest BCUT2D eigenvalue weighted by Gasteiger charge is -2.21. The number of hydrogen-bond donors (Lipinski definition) is 2. The lowest BCUT2D eigenvalue weighted by atomic mass is 10.2. The van der Waals surface area contributed by atoms with Crippen LogP contribution in [-0.2, 0) is 11.3 Å². The lowest BCUT2D eigenvalue weighted by Crippen LogP contribution is -2.39. The molecule has 0 fully saturated rings. The number of anilines is 1. The summed E-state index contributed by atoms with van der Waals surface area (Å²) in [6, 6.07) is 4.07. The minimum Gasteiger partial charge on any atom is -0.352 e. The van der Waals surface area contributed by atoms with Crippen molar-refractivity contribution in [3.8, 4) is 0 Å². The van der Waals surface area contributed by atoms with Crippen molar-refractivity contribution in [1.29, 1.82) is 0 Å². The Hall–Kier alpha value is -1.62. The van der Waals surface area contributed by atoms with Gasteiger partial charge >= 0.3 is 0 Å². The van der Waals surface area contributed by atoms with Gasteiger partial charge in [0.1, 0.15) is 5.82 Å². The summed E-state index contributed by atoms with van der Waals surface area (Å²) in [7, 11) is 3.77. The van der Waals surface area contributed by atoms with Crippen molar-refractivity contribution in [3.05, 3.63) is 23.9 Å². The monoisotopic (exact) mass is 250 g/mol. The summed E-state index contributed by atoms with van der Waals surface area (Å²) in [6.45, 7) is 4.95. The van der Waals surface area contributed by atoms with Gasteiger partial charge in [-0.1, -0.05) is 6.07 Å². The van der Waals surface area contributed by atoms with E-state index in [-0.39, 0.29) is 11.9 Å².